The first-order chi connectivity index (χ1) is 14.3. The molecular weight excluding hydrogens is 406 g/mol. The van der Waals surface area contributed by atoms with Crippen LogP contribution in [-0.4, -0.2) is 29.4 Å². The van der Waals surface area contributed by atoms with Gasteiger partial charge in [-0.2, -0.15) is 0 Å². The molecule has 0 fully saturated rings. The van der Waals surface area contributed by atoms with Crippen LogP contribution in [0.4, 0.5) is 11.4 Å². The van der Waals surface area contributed by atoms with E-state index in [1.807, 2.05) is 29.4 Å². The summed E-state index contributed by atoms with van der Waals surface area (Å²) in [5.74, 6) is 0. The van der Waals surface area contributed by atoms with Gasteiger partial charge < -0.3 is 9.47 Å². The molecule has 0 unspecified atom stereocenters. The molecule has 0 radical (unpaired) electrons. The number of nitrogens with two attached hydrogens (primary N) is 1. The van der Waals surface area contributed by atoms with Gasteiger partial charge in [0.1, 0.15) is 5.69 Å². The van der Waals surface area contributed by atoms with Crippen molar-refractivity contribution in [2.75, 3.05) is 11.4 Å². The van der Waals surface area contributed by atoms with Crippen molar-refractivity contribution in [1.82, 2.24) is 9.55 Å². The number of nitro benzene ring substituents is 1. The highest BCUT2D eigenvalue weighted by Crippen LogP contribution is 2.33. The zero-order chi connectivity index (χ0) is 21.3. The molecule has 3 aromatic rings. The minimum atomic E-state index is -4.02. The van der Waals surface area contributed by atoms with Gasteiger partial charge in [0, 0.05) is 31.3 Å². The topological polar surface area (TPSA) is 124 Å². The summed E-state index contributed by atoms with van der Waals surface area (Å²) in [6, 6.07) is 14.0. The standard InChI is InChI=1S/C20H21N5O4S/c21-30(28,29)16-6-7-19(20(12-16)25(26)27)23-11-9-18-17(13-23)22-14-24(18)10-8-15-4-2-1-3-5-15/h1-7,12,14H,8-11,13H2,(H2,21,28,29). The van der Waals surface area contributed by atoms with Crippen molar-refractivity contribution >= 4 is 21.4 Å². The van der Waals surface area contributed by atoms with Crippen LogP contribution < -0.4 is 10.0 Å². The average molecular weight is 427 g/mol. The first kappa shape index (κ1) is 20.0. The minimum Gasteiger partial charge on any atom is -0.360 e. The second kappa shape index (κ2) is 7.88. The Morgan fingerprint density at radius 3 is 2.63 bits per heavy atom. The third-order valence-electron chi connectivity index (χ3n) is 5.29. The van der Waals surface area contributed by atoms with Gasteiger partial charge in [0.25, 0.3) is 5.69 Å². The van der Waals surface area contributed by atoms with Gasteiger partial charge >= 0.3 is 0 Å². The summed E-state index contributed by atoms with van der Waals surface area (Å²) in [6.45, 7) is 1.80. The lowest BCUT2D eigenvalue weighted by Crippen LogP contribution is -2.32. The normalized spacial score (nSPS) is 13.8. The maximum Gasteiger partial charge on any atom is 0.293 e. The van der Waals surface area contributed by atoms with Gasteiger partial charge in [-0.05, 0) is 24.1 Å². The van der Waals surface area contributed by atoms with Crippen molar-refractivity contribution in [1.29, 1.82) is 0 Å². The van der Waals surface area contributed by atoms with E-state index in [1.54, 1.807) is 0 Å². The number of hydrogen-bond donors (Lipinski definition) is 1. The molecule has 0 aliphatic carbocycles. The number of anilines is 1. The van der Waals surface area contributed by atoms with E-state index in [2.05, 4.69) is 21.7 Å². The molecule has 0 atom stereocenters. The molecule has 10 heteroatoms. The van der Waals surface area contributed by atoms with Crippen molar-refractivity contribution in [2.24, 2.45) is 5.14 Å². The minimum absolute atomic E-state index is 0.277. The number of imidazole rings is 1. The monoisotopic (exact) mass is 427 g/mol. The smallest absolute Gasteiger partial charge is 0.293 e. The van der Waals surface area contributed by atoms with Crippen LogP contribution >= 0.6 is 0 Å². The van der Waals surface area contributed by atoms with Crippen LogP contribution in [0.3, 0.4) is 0 Å². The predicted octanol–water partition coefficient (Wildman–Crippen LogP) is 2.24. The lowest BCUT2D eigenvalue weighted by atomic mass is 10.1. The summed E-state index contributed by atoms with van der Waals surface area (Å²) >= 11 is 0. The maximum atomic E-state index is 11.6. The van der Waals surface area contributed by atoms with Crippen LogP contribution in [0.15, 0.2) is 59.8 Å². The molecular formula is C20H21N5O4S. The summed E-state index contributed by atoms with van der Waals surface area (Å²) in [5, 5.41) is 16.7. The van der Waals surface area contributed by atoms with Gasteiger partial charge in [0.2, 0.25) is 10.0 Å². The number of sulfonamides is 1. The Bertz CT molecular complexity index is 1190. The number of fused-ring (bicyclic) bond motifs is 1. The Kier molecular flexibility index (Phi) is 5.27. The number of hydrogen-bond acceptors (Lipinski definition) is 6. The third-order valence-corrected chi connectivity index (χ3v) is 6.20. The first-order valence-corrected chi connectivity index (χ1v) is 11.0. The van der Waals surface area contributed by atoms with E-state index in [1.165, 1.54) is 17.7 Å². The predicted molar refractivity (Wildman–Crippen MR) is 112 cm³/mol. The van der Waals surface area contributed by atoms with E-state index in [9.17, 15) is 18.5 Å². The molecule has 30 heavy (non-hydrogen) atoms. The highest BCUT2D eigenvalue weighted by atomic mass is 32.2. The number of aryl methyl sites for hydroxylation is 2. The van der Waals surface area contributed by atoms with Crippen LogP contribution in [0, 0.1) is 10.1 Å². The van der Waals surface area contributed by atoms with Crippen LogP contribution in [0.1, 0.15) is 17.0 Å². The summed E-state index contributed by atoms with van der Waals surface area (Å²) < 4.78 is 25.2. The summed E-state index contributed by atoms with van der Waals surface area (Å²) in [6.07, 6.45) is 3.40. The molecule has 2 heterocycles. The van der Waals surface area contributed by atoms with E-state index in [4.69, 9.17) is 5.14 Å². The fourth-order valence-electron chi connectivity index (χ4n) is 3.76. The van der Waals surface area contributed by atoms with Crippen molar-refractivity contribution in [3.05, 3.63) is 81.9 Å². The Labute approximate surface area is 174 Å². The number of nitro groups is 1. The molecule has 0 bridgehead atoms. The van der Waals surface area contributed by atoms with Crippen molar-refractivity contribution in [3.63, 3.8) is 0 Å². The van der Waals surface area contributed by atoms with E-state index >= 15 is 0 Å². The summed E-state index contributed by atoms with van der Waals surface area (Å²) in [4.78, 5) is 17.0. The third kappa shape index (κ3) is 4.05. The Hall–Kier alpha value is -3.24. The molecule has 4 rings (SSSR count). The van der Waals surface area contributed by atoms with Crippen molar-refractivity contribution in [3.8, 4) is 0 Å². The molecule has 156 valence electrons. The van der Waals surface area contributed by atoms with Crippen LogP contribution in [0.25, 0.3) is 0 Å². The van der Waals surface area contributed by atoms with Crippen LogP contribution in [-0.2, 0) is 36.0 Å². The van der Waals surface area contributed by atoms with Crippen LogP contribution in [0.5, 0.6) is 0 Å². The van der Waals surface area contributed by atoms with Gasteiger partial charge in [0.15, 0.2) is 0 Å². The second-order valence-corrected chi connectivity index (χ2v) is 8.75. The molecule has 9 nitrogen and oxygen atoms in total. The molecule has 2 aromatic carbocycles. The lowest BCUT2D eigenvalue weighted by Gasteiger charge is -2.29. The number of benzene rings is 2. The van der Waals surface area contributed by atoms with E-state index in [-0.39, 0.29) is 10.6 Å². The zero-order valence-electron chi connectivity index (χ0n) is 16.1. The van der Waals surface area contributed by atoms with E-state index < -0.39 is 14.9 Å². The Morgan fingerprint density at radius 1 is 1.17 bits per heavy atom. The molecule has 1 aliphatic rings. The van der Waals surface area contributed by atoms with Crippen molar-refractivity contribution < 1.29 is 13.3 Å². The number of nitrogens with zero attached hydrogens (tertiary/aromatic N) is 4. The number of aromatic nitrogens is 2. The second-order valence-electron chi connectivity index (χ2n) is 7.19. The SMILES string of the molecule is NS(=O)(=O)c1ccc(N2CCc3c(ncn3CCc3ccccc3)C2)c([N+](=O)[O-])c1. The fraction of sp³-hybridized carbons (Fsp3) is 0.250. The highest BCUT2D eigenvalue weighted by molar-refractivity contribution is 7.89. The molecule has 0 spiro atoms. The lowest BCUT2D eigenvalue weighted by molar-refractivity contribution is -0.384. The molecule has 2 N–H and O–H groups in total. The quantitative estimate of drug-likeness (QED) is 0.475. The molecule has 0 amide bonds. The molecule has 0 saturated carbocycles. The Balaban J connectivity index is 1.55. The molecule has 1 aromatic heterocycles. The van der Waals surface area contributed by atoms with Crippen LogP contribution in [0.2, 0.25) is 0 Å². The Morgan fingerprint density at radius 2 is 1.93 bits per heavy atom. The summed E-state index contributed by atoms with van der Waals surface area (Å²) in [5.41, 5.74) is 3.33. The van der Waals surface area contributed by atoms with Gasteiger partial charge in [-0.15, -0.1) is 0 Å². The van der Waals surface area contributed by atoms with E-state index in [0.29, 0.717) is 25.2 Å². The van der Waals surface area contributed by atoms with Gasteiger partial charge in [-0.1, -0.05) is 30.3 Å². The highest BCUT2D eigenvalue weighted by Gasteiger charge is 2.27. The van der Waals surface area contributed by atoms with Gasteiger partial charge in [-0.25, -0.2) is 18.5 Å². The zero-order valence-corrected chi connectivity index (χ0v) is 17.0. The van der Waals surface area contributed by atoms with Gasteiger partial charge in [0.05, 0.1) is 28.4 Å². The largest absolute Gasteiger partial charge is 0.360 e. The number of rotatable bonds is 6. The van der Waals surface area contributed by atoms with E-state index in [0.717, 1.165) is 30.4 Å². The first-order valence-electron chi connectivity index (χ1n) is 9.46. The van der Waals surface area contributed by atoms with Crippen molar-refractivity contribution in [2.45, 2.75) is 30.8 Å². The maximum absolute atomic E-state index is 11.6. The number of primary sulfonamides is 1. The van der Waals surface area contributed by atoms with Gasteiger partial charge in [-0.3, -0.25) is 10.1 Å². The molecule has 0 saturated heterocycles. The summed E-state index contributed by atoms with van der Waals surface area (Å²) in [7, 11) is -4.02. The fourth-order valence-corrected chi connectivity index (χ4v) is 4.29. The molecule has 1 aliphatic heterocycles. The average Bonchev–Trinajstić information content (AvgIpc) is 3.14.